The molecule has 154 valence electrons. The van der Waals surface area contributed by atoms with Crippen LogP contribution in [0.4, 0.5) is 4.39 Å². The van der Waals surface area contributed by atoms with Crippen LogP contribution in [0.1, 0.15) is 13.8 Å². The van der Waals surface area contributed by atoms with Crippen molar-refractivity contribution in [1.82, 2.24) is 15.3 Å². The predicted molar refractivity (Wildman–Crippen MR) is 92.1 cm³/mol. The fraction of sp³-hybridized carbons (Fsp3) is 0.692. The minimum atomic E-state index is -4.53. The van der Waals surface area contributed by atoms with Crippen LogP contribution in [0.3, 0.4) is 0 Å². The van der Waals surface area contributed by atoms with Crippen molar-refractivity contribution >= 4 is 32.3 Å². The molecule has 7 atom stereocenters. The SMILES string of the molecule is CC1=CN([C@H]2O[C@@H](COP(=O)(O)N[C@@H](C)C(=O)O)[C@@H](O)C2F)C(S)NC1=O. The van der Waals surface area contributed by atoms with Gasteiger partial charge in [-0.15, -0.1) is 12.6 Å². The Balaban J connectivity index is 2.01. The molecule has 0 saturated carbocycles. The Bertz CT molecular complexity index is 682. The molecule has 2 rings (SSSR count). The third kappa shape index (κ3) is 5.19. The van der Waals surface area contributed by atoms with E-state index in [1.165, 1.54) is 18.0 Å². The van der Waals surface area contributed by atoms with Gasteiger partial charge in [-0.2, -0.15) is 0 Å². The van der Waals surface area contributed by atoms with E-state index in [2.05, 4.69) is 17.9 Å². The molecule has 0 aromatic heterocycles. The Morgan fingerprint density at radius 1 is 1.63 bits per heavy atom. The molecule has 1 fully saturated rings. The van der Waals surface area contributed by atoms with Gasteiger partial charge in [0.25, 0.3) is 5.91 Å². The summed E-state index contributed by atoms with van der Waals surface area (Å²) in [6.45, 7) is 1.96. The van der Waals surface area contributed by atoms with E-state index < -0.39 is 56.5 Å². The summed E-state index contributed by atoms with van der Waals surface area (Å²) in [6.07, 6.45) is -4.90. The number of thiol groups is 1. The highest BCUT2D eigenvalue weighted by Gasteiger charge is 2.49. The van der Waals surface area contributed by atoms with Gasteiger partial charge >= 0.3 is 13.7 Å². The van der Waals surface area contributed by atoms with Crippen molar-refractivity contribution < 1.29 is 42.9 Å². The number of halogens is 1. The van der Waals surface area contributed by atoms with Crippen LogP contribution in [0.2, 0.25) is 0 Å². The lowest BCUT2D eigenvalue weighted by Crippen LogP contribution is -2.53. The highest BCUT2D eigenvalue weighted by Crippen LogP contribution is 2.39. The van der Waals surface area contributed by atoms with Gasteiger partial charge in [-0.3, -0.25) is 14.1 Å². The molecule has 0 spiro atoms. The van der Waals surface area contributed by atoms with Crippen LogP contribution in [0.5, 0.6) is 0 Å². The topological polar surface area (TPSA) is 158 Å². The first kappa shape index (κ1) is 22.1. The molecule has 0 aliphatic carbocycles. The molecule has 1 saturated heterocycles. The molecule has 2 aliphatic rings. The van der Waals surface area contributed by atoms with Gasteiger partial charge in [0.1, 0.15) is 23.7 Å². The van der Waals surface area contributed by atoms with Gasteiger partial charge in [0.05, 0.1) is 6.61 Å². The summed E-state index contributed by atoms with van der Waals surface area (Å²) >= 11 is 4.13. The van der Waals surface area contributed by atoms with E-state index in [0.29, 0.717) is 0 Å². The summed E-state index contributed by atoms with van der Waals surface area (Å²) in [4.78, 5) is 33.1. The Morgan fingerprint density at radius 2 is 2.26 bits per heavy atom. The van der Waals surface area contributed by atoms with Crippen molar-refractivity contribution in [2.75, 3.05) is 6.61 Å². The molecule has 2 aliphatic heterocycles. The van der Waals surface area contributed by atoms with Crippen LogP contribution in [0.15, 0.2) is 11.8 Å². The molecule has 0 radical (unpaired) electrons. The highest BCUT2D eigenvalue weighted by molar-refractivity contribution is 7.80. The molecular formula is C13H21FN3O8PS. The highest BCUT2D eigenvalue weighted by atomic mass is 32.1. The van der Waals surface area contributed by atoms with E-state index in [1.807, 2.05) is 5.09 Å². The van der Waals surface area contributed by atoms with Crippen LogP contribution >= 0.6 is 20.4 Å². The van der Waals surface area contributed by atoms with Gasteiger partial charge in [0.15, 0.2) is 12.4 Å². The number of carboxylic acids is 1. The minimum absolute atomic E-state index is 0.275. The lowest BCUT2D eigenvalue weighted by molar-refractivity contribution is -0.138. The molecule has 2 heterocycles. The Labute approximate surface area is 159 Å². The fourth-order valence-electron chi connectivity index (χ4n) is 2.46. The van der Waals surface area contributed by atoms with E-state index in [0.717, 1.165) is 6.92 Å². The Kier molecular flexibility index (Phi) is 6.90. The zero-order valence-electron chi connectivity index (χ0n) is 14.4. The number of nitrogens with one attached hydrogen (secondary N) is 2. The number of carbonyl (C=O) groups excluding carboxylic acids is 1. The zero-order valence-corrected chi connectivity index (χ0v) is 16.1. The summed E-state index contributed by atoms with van der Waals surface area (Å²) in [5, 5.41) is 23.1. The first-order valence-electron chi connectivity index (χ1n) is 7.83. The van der Waals surface area contributed by atoms with Crippen LogP contribution in [0.25, 0.3) is 0 Å². The number of amides is 1. The molecule has 27 heavy (non-hydrogen) atoms. The second kappa shape index (κ2) is 8.43. The van der Waals surface area contributed by atoms with E-state index in [9.17, 15) is 28.5 Å². The number of carboxylic acid groups (broad SMARTS) is 1. The lowest BCUT2D eigenvalue weighted by atomic mass is 10.1. The second-order valence-electron chi connectivity index (χ2n) is 6.11. The normalized spacial score (nSPS) is 34.6. The number of ether oxygens (including phenoxy) is 1. The first-order valence-corrected chi connectivity index (χ1v) is 9.92. The van der Waals surface area contributed by atoms with Crippen LogP contribution in [-0.4, -0.2) is 74.6 Å². The number of alkyl halides is 1. The molecular weight excluding hydrogens is 408 g/mol. The number of rotatable bonds is 7. The van der Waals surface area contributed by atoms with Crippen molar-refractivity contribution in [2.45, 2.75) is 50.0 Å². The van der Waals surface area contributed by atoms with Crippen LogP contribution < -0.4 is 10.4 Å². The summed E-state index contributed by atoms with van der Waals surface area (Å²) in [6, 6.07) is -1.37. The zero-order chi connectivity index (χ0) is 20.5. The second-order valence-corrected chi connectivity index (χ2v) is 8.16. The third-order valence-electron chi connectivity index (χ3n) is 3.97. The molecule has 1 amide bonds. The smallest absolute Gasteiger partial charge is 0.403 e. The number of aliphatic hydroxyl groups excluding tert-OH is 1. The molecule has 3 unspecified atom stereocenters. The van der Waals surface area contributed by atoms with Gasteiger partial charge < -0.3 is 30.1 Å². The maximum atomic E-state index is 14.5. The number of hydrogen-bond acceptors (Lipinski definition) is 8. The van der Waals surface area contributed by atoms with E-state index in [4.69, 9.17) is 14.4 Å². The van der Waals surface area contributed by atoms with Gasteiger partial charge in [-0.05, 0) is 13.8 Å². The predicted octanol–water partition coefficient (Wildman–Crippen LogP) is -0.861. The molecule has 0 aromatic carbocycles. The average molecular weight is 429 g/mol. The number of aliphatic carboxylic acids is 1. The van der Waals surface area contributed by atoms with Crippen LogP contribution in [-0.2, 0) is 23.4 Å². The number of nitrogens with zero attached hydrogens (tertiary/aromatic N) is 1. The lowest BCUT2D eigenvalue weighted by Gasteiger charge is -2.36. The van der Waals surface area contributed by atoms with E-state index in [1.54, 1.807) is 0 Å². The number of aliphatic hydroxyl groups is 1. The Hall–Kier alpha value is -1.21. The van der Waals surface area contributed by atoms with Crippen molar-refractivity contribution in [3.63, 3.8) is 0 Å². The van der Waals surface area contributed by atoms with E-state index >= 15 is 0 Å². The molecule has 14 heteroatoms. The third-order valence-corrected chi connectivity index (χ3v) is 5.58. The quantitative estimate of drug-likeness (QED) is 0.222. The van der Waals surface area contributed by atoms with Crippen molar-refractivity contribution in [3.05, 3.63) is 11.8 Å². The summed E-state index contributed by atoms with van der Waals surface area (Å²) < 4.78 is 36.4. The molecule has 0 aromatic rings. The van der Waals surface area contributed by atoms with Crippen molar-refractivity contribution in [1.29, 1.82) is 0 Å². The van der Waals surface area contributed by atoms with Crippen molar-refractivity contribution in [3.8, 4) is 0 Å². The minimum Gasteiger partial charge on any atom is -0.480 e. The largest absolute Gasteiger partial charge is 0.480 e. The summed E-state index contributed by atoms with van der Waals surface area (Å²) in [5.74, 6) is -1.76. The number of carbonyl (C=O) groups is 2. The monoisotopic (exact) mass is 429 g/mol. The summed E-state index contributed by atoms with van der Waals surface area (Å²) in [7, 11) is -4.53. The van der Waals surface area contributed by atoms with Crippen LogP contribution in [0, 0.1) is 0 Å². The number of hydrogen-bond donors (Lipinski definition) is 6. The van der Waals surface area contributed by atoms with E-state index in [-0.39, 0.29) is 11.5 Å². The van der Waals surface area contributed by atoms with Crippen molar-refractivity contribution in [2.24, 2.45) is 0 Å². The maximum absolute atomic E-state index is 14.5. The van der Waals surface area contributed by atoms with Gasteiger partial charge in [-0.25, -0.2) is 14.0 Å². The van der Waals surface area contributed by atoms with Gasteiger partial charge in [0, 0.05) is 11.8 Å². The molecule has 5 N–H and O–H groups in total. The maximum Gasteiger partial charge on any atom is 0.403 e. The standard InChI is InChI=1S/C13H21FN3O8PS/c1-5-3-17(13(27)15-10(5)19)11-8(14)9(18)7(25-11)4-24-26(22,23)16-6(2)12(20)21/h3,6-9,11,13,18,27H,4H2,1-2H3,(H,15,19)(H,20,21)(H2,16,22,23)/t6-,7-,8?,9+,11-,13?/m0/s1. The Morgan fingerprint density at radius 3 is 2.85 bits per heavy atom. The van der Waals surface area contributed by atoms with Gasteiger partial charge in [-0.1, -0.05) is 0 Å². The first-order chi connectivity index (χ1) is 12.4. The molecule has 0 bridgehead atoms. The van der Waals surface area contributed by atoms with Gasteiger partial charge in [0.2, 0.25) is 0 Å². The fourth-order valence-corrected chi connectivity index (χ4v) is 3.80. The summed E-state index contributed by atoms with van der Waals surface area (Å²) in [5.41, 5.74) is -0.629. The average Bonchev–Trinajstić information content (AvgIpc) is 2.84. The molecule has 11 nitrogen and oxygen atoms in total.